The second-order valence-corrected chi connectivity index (χ2v) is 5.07. The van der Waals surface area contributed by atoms with Crippen molar-refractivity contribution in [3.8, 4) is 5.75 Å². The van der Waals surface area contributed by atoms with Crippen molar-refractivity contribution in [2.24, 2.45) is 0 Å². The van der Waals surface area contributed by atoms with Crippen LogP contribution < -0.4 is 10.1 Å². The van der Waals surface area contributed by atoms with Crippen LogP contribution in [0.3, 0.4) is 0 Å². The van der Waals surface area contributed by atoms with Crippen molar-refractivity contribution in [2.75, 3.05) is 11.9 Å². The molecule has 0 radical (unpaired) electrons. The lowest BCUT2D eigenvalue weighted by molar-refractivity contribution is -0.116. The number of rotatable bonds is 8. The number of nitrogens with one attached hydrogen (secondary N) is 1. The molecule has 2 aromatic carbocycles. The Morgan fingerprint density at radius 3 is 2.54 bits per heavy atom. The molecule has 6 nitrogen and oxygen atoms in total. The van der Waals surface area contributed by atoms with E-state index in [4.69, 9.17) is 9.84 Å². The summed E-state index contributed by atoms with van der Waals surface area (Å²) in [5.41, 5.74) is 1.14. The van der Waals surface area contributed by atoms with Gasteiger partial charge in [0.2, 0.25) is 5.91 Å². The molecule has 0 bridgehead atoms. The van der Waals surface area contributed by atoms with Gasteiger partial charge in [0.25, 0.3) is 0 Å². The summed E-state index contributed by atoms with van der Waals surface area (Å²) in [4.78, 5) is 33.3. The summed E-state index contributed by atoms with van der Waals surface area (Å²) in [5, 5.41) is 11.6. The number of ether oxygens (including phenoxy) is 1. The zero-order valence-corrected chi connectivity index (χ0v) is 12.9. The van der Waals surface area contributed by atoms with Crippen LogP contribution in [0.25, 0.3) is 0 Å². The number of aldehydes is 1. The van der Waals surface area contributed by atoms with Gasteiger partial charge in [-0.1, -0.05) is 6.07 Å². The first-order valence-corrected chi connectivity index (χ1v) is 7.40. The fraction of sp³-hybridized carbons (Fsp3) is 0.167. The number of carbonyl (C=O) groups excluding carboxylic acids is 2. The van der Waals surface area contributed by atoms with Gasteiger partial charge in [-0.3, -0.25) is 9.59 Å². The molecule has 0 fully saturated rings. The quantitative estimate of drug-likeness (QED) is 0.574. The Kier molecular flexibility index (Phi) is 6.08. The van der Waals surface area contributed by atoms with Gasteiger partial charge in [-0.2, -0.15) is 0 Å². The minimum atomic E-state index is -1.04. The standard InChI is InChI=1S/C18H17NO5/c20-12-13-6-8-16(9-7-13)24-10-2-5-17(21)19-15-4-1-3-14(11-15)18(22)23/h1,3-4,6-9,11-12H,2,5,10H2,(H,19,21)(H,22,23). The SMILES string of the molecule is O=Cc1ccc(OCCCC(=O)Nc2cccc(C(=O)O)c2)cc1. The number of anilines is 1. The Morgan fingerprint density at radius 2 is 1.88 bits per heavy atom. The zero-order valence-electron chi connectivity index (χ0n) is 12.9. The third-order valence-electron chi connectivity index (χ3n) is 3.23. The second kappa shape index (κ2) is 8.47. The molecule has 0 saturated heterocycles. The molecule has 0 spiro atoms. The number of carbonyl (C=O) groups is 3. The summed E-state index contributed by atoms with van der Waals surface area (Å²) in [6.45, 7) is 0.364. The van der Waals surface area contributed by atoms with Crippen molar-refractivity contribution < 1.29 is 24.2 Å². The lowest BCUT2D eigenvalue weighted by Crippen LogP contribution is -2.13. The van der Waals surface area contributed by atoms with Gasteiger partial charge in [0, 0.05) is 17.7 Å². The second-order valence-electron chi connectivity index (χ2n) is 5.07. The third-order valence-corrected chi connectivity index (χ3v) is 3.23. The molecule has 24 heavy (non-hydrogen) atoms. The first-order chi connectivity index (χ1) is 11.6. The molecule has 0 atom stereocenters. The van der Waals surface area contributed by atoms with Crippen molar-refractivity contribution in [1.82, 2.24) is 0 Å². The number of hydrogen-bond donors (Lipinski definition) is 2. The van der Waals surface area contributed by atoms with E-state index in [0.29, 0.717) is 30.0 Å². The van der Waals surface area contributed by atoms with E-state index in [2.05, 4.69) is 5.32 Å². The largest absolute Gasteiger partial charge is 0.494 e. The molecule has 0 heterocycles. The minimum absolute atomic E-state index is 0.120. The average Bonchev–Trinajstić information content (AvgIpc) is 2.59. The molecule has 0 aliphatic carbocycles. The first kappa shape index (κ1) is 17.2. The summed E-state index contributed by atoms with van der Waals surface area (Å²) < 4.78 is 5.48. The molecule has 0 aliphatic heterocycles. The van der Waals surface area contributed by atoms with E-state index in [-0.39, 0.29) is 17.9 Å². The van der Waals surface area contributed by atoms with Crippen LogP contribution in [0.4, 0.5) is 5.69 Å². The summed E-state index contributed by atoms with van der Waals surface area (Å²) >= 11 is 0. The summed E-state index contributed by atoms with van der Waals surface area (Å²) in [5.74, 6) is -0.618. The van der Waals surface area contributed by atoms with Crippen molar-refractivity contribution in [2.45, 2.75) is 12.8 Å². The number of carboxylic acids is 1. The minimum Gasteiger partial charge on any atom is -0.494 e. The molecule has 0 unspecified atom stereocenters. The monoisotopic (exact) mass is 327 g/mol. The van der Waals surface area contributed by atoms with Gasteiger partial charge in [0.05, 0.1) is 12.2 Å². The Labute approximate surface area is 139 Å². The topological polar surface area (TPSA) is 92.7 Å². The average molecular weight is 327 g/mol. The van der Waals surface area contributed by atoms with Gasteiger partial charge in [0.15, 0.2) is 0 Å². The highest BCUT2D eigenvalue weighted by molar-refractivity contribution is 5.93. The van der Waals surface area contributed by atoms with Gasteiger partial charge in [-0.15, -0.1) is 0 Å². The normalized spacial score (nSPS) is 10.0. The lowest BCUT2D eigenvalue weighted by atomic mass is 10.2. The molecule has 1 amide bonds. The van der Waals surface area contributed by atoms with Gasteiger partial charge in [0.1, 0.15) is 12.0 Å². The predicted molar refractivity (Wildman–Crippen MR) is 88.6 cm³/mol. The summed E-state index contributed by atoms with van der Waals surface area (Å²) in [7, 11) is 0. The molecule has 6 heteroatoms. The van der Waals surface area contributed by atoms with Gasteiger partial charge >= 0.3 is 5.97 Å². The Hall–Kier alpha value is -3.15. The van der Waals surface area contributed by atoms with Crippen LogP contribution >= 0.6 is 0 Å². The molecule has 0 aromatic heterocycles. The molecule has 2 rings (SSSR count). The summed E-state index contributed by atoms with van der Waals surface area (Å²) in [6, 6.07) is 12.8. The van der Waals surface area contributed by atoms with E-state index in [1.54, 1.807) is 36.4 Å². The van der Waals surface area contributed by atoms with Gasteiger partial charge in [-0.25, -0.2) is 4.79 Å². The highest BCUT2D eigenvalue weighted by Crippen LogP contribution is 2.13. The van der Waals surface area contributed by atoms with E-state index >= 15 is 0 Å². The Bertz CT molecular complexity index is 724. The first-order valence-electron chi connectivity index (χ1n) is 7.40. The zero-order chi connectivity index (χ0) is 17.4. The number of amides is 1. The highest BCUT2D eigenvalue weighted by atomic mass is 16.5. The van der Waals surface area contributed by atoms with Crippen LogP contribution in [0.15, 0.2) is 48.5 Å². The maximum Gasteiger partial charge on any atom is 0.335 e. The van der Waals surface area contributed by atoms with Gasteiger partial charge < -0.3 is 15.2 Å². The van der Waals surface area contributed by atoms with Crippen molar-refractivity contribution in [3.63, 3.8) is 0 Å². The molecule has 2 aromatic rings. The van der Waals surface area contributed by atoms with Crippen LogP contribution in [-0.4, -0.2) is 29.9 Å². The molecular weight excluding hydrogens is 310 g/mol. The van der Waals surface area contributed by atoms with E-state index in [1.807, 2.05) is 0 Å². The number of benzene rings is 2. The fourth-order valence-corrected chi connectivity index (χ4v) is 2.02. The van der Waals surface area contributed by atoms with Crippen molar-refractivity contribution >= 4 is 23.9 Å². The lowest BCUT2D eigenvalue weighted by Gasteiger charge is -2.08. The molecule has 2 N–H and O–H groups in total. The van der Waals surface area contributed by atoms with E-state index in [0.717, 1.165) is 6.29 Å². The number of aromatic carboxylic acids is 1. The Balaban J connectivity index is 1.74. The number of carboxylic acid groups (broad SMARTS) is 1. The van der Waals surface area contributed by atoms with E-state index in [1.165, 1.54) is 12.1 Å². The fourth-order valence-electron chi connectivity index (χ4n) is 2.02. The molecule has 0 aliphatic rings. The smallest absolute Gasteiger partial charge is 0.335 e. The Morgan fingerprint density at radius 1 is 1.12 bits per heavy atom. The van der Waals surface area contributed by atoms with Crippen molar-refractivity contribution in [1.29, 1.82) is 0 Å². The maximum absolute atomic E-state index is 11.8. The van der Waals surface area contributed by atoms with Crippen LogP contribution in [0, 0.1) is 0 Å². The molecule has 124 valence electrons. The summed E-state index contributed by atoms with van der Waals surface area (Å²) in [6.07, 6.45) is 1.52. The highest BCUT2D eigenvalue weighted by Gasteiger charge is 2.06. The number of hydrogen-bond acceptors (Lipinski definition) is 4. The molecular formula is C18H17NO5. The third kappa shape index (κ3) is 5.24. The molecule has 0 saturated carbocycles. The van der Waals surface area contributed by atoms with Crippen LogP contribution in [-0.2, 0) is 4.79 Å². The van der Waals surface area contributed by atoms with Crippen LogP contribution in [0.2, 0.25) is 0 Å². The van der Waals surface area contributed by atoms with E-state index < -0.39 is 5.97 Å². The maximum atomic E-state index is 11.8. The predicted octanol–water partition coefficient (Wildman–Crippen LogP) is 3.00. The van der Waals surface area contributed by atoms with Crippen molar-refractivity contribution in [3.05, 3.63) is 59.7 Å². The van der Waals surface area contributed by atoms with E-state index in [9.17, 15) is 14.4 Å². The van der Waals surface area contributed by atoms with Crippen LogP contribution in [0.5, 0.6) is 5.75 Å². The van der Waals surface area contributed by atoms with Gasteiger partial charge in [-0.05, 0) is 48.9 Å². The van der Waals surface area contributed by atoms with Crippen LogP contribution in [0.1, 0.15) is 33.6 Å².